The second-order valence-electron chi connectivity index (χ2n) is 7.16. The highest BCUT2D eigenvalue weighted by molar-refractivity contribution is 6.01. The molecule has 8 nitrogen and oxygen atoms in total. The molecule has 1 aliphatic rings. The predicted molar refractivity (Wildman–Crippen MR) is 102 cm³/mol. The van der Waals surface area contributed by atoms with Crippen LogP contribution in [-0.4, -0.2) is 33.5 Å². The number of aromatic nitrogens is 3. The molecular weight excluding hydrogens is 396 g/mol. The maximum Gasteiger partial charge on any atom is 0.275 e. The number of aryl methyl sites for hydroxylation is 1. The molecule has 3 aromatic rings. The Labute approximate surface area is 170 Å². The lowest BCUT2D eigenvalue weighted by Crippen LogP contribution is -2.30. The lowest BCUT2D eigenvalue weighted by molar-refractivity contribution is -0.00846. The SMILES string of the molecule is COCc1nn2c(C(=O)NC3CC(F)(F)c4ccccc43)cc(C)nc2c1C(N)=O. The van der Waals surface area contributed by atoms with E-state index in [1.165, 1.54) is 23.8 Å². The van der Waals surface area contributed by atoms with Crippen molar-refractivity contribution in [3.8, 4) is 0 Å². The minimum absolute atomic E-state index is 0.00996. The van der Waals surface area contributed by atoms with E-state index in [1.54, 1.807) is 25.1 Å². The molecule has 2 aromatic heterocycles. The fraction of sp³-hybridized carbons (Fsp3) is 0.300. The molecule has 0 saturated heterocycles. The number of nitrogens with zero attached hydrogens (tertiary/aromatic N) is 3. The van der Waals surface area contributed by atoms with E-state index in [2.05, 4.69) is 15.4 Å². The van der Waals surface area contributed by atoms with Gasteiger partial charge in [-0.15, -0.1) is 0 Å². The third kappa shape index (κ3) is 3.18. The molecule has 3 N–H and O–H groups in total. The molecule has 0 aliphatic heterocycles. The summed E-state index contributed by atoms with van der Waals surface area (Å²) in [5.74, 6) is -4.41. The van der Waals surface area contributed by atoms with Crippen LogP contribution >= 0.6 is 0 Å². The number of nitrogens with one attached hydrogen (secondary N) is 1. The van der Waals surface area contributed by atoms with Crippen molar-refractivity contribution in [3.63, 3.8) is 0 Å². The smallest absolute Gasteiger partial charge is 0.275 e. The Hall–Kier alpha value is -3.40. The number of methoxy groups -OCH3 is 1. The van der Waals surface area contributed by atoms with Gasteiger partial charge in [0.2, 0.25) is 0 Å². The molecule has 1 aliphatic carbocycles. The Morgan fingerprint density at radius 3 is 2.80 bits per heavy atom. The number of ether oxygens (including phenoxy) is 1. The van der Waals surface area contributed by atoms with Gasteiger partial charge >= 0.3 is 0 Å². The van der Waals surface area contributed by atoms with Crippen LogP contribution in [-0.2, 0) is 17.3 Å². The van der Waals surface area contributed by atoms with Crippen molar-refractivity contribution in [1.29, 1.82) is 0 Å². The molecule has 0 fully saturated rings. The monoisotopic (exact) mass is 415 g/mol. The minimum Gasteiger partial charge on any atom is -0.378 e. The highest BCUT2D eigenvalue weighted by atomic mass is 19.3. The van der Waals surface area contributed by atoms with E-state index in [0.29, 0.717) is 11.3 Å². The van der Waals surface area contributed by atoms with E-state index in [1.807, 2.05) is 0 Å². The van der Waals surface area contributed by atoms with Gasteiger partial charge < -0.3 is 15.8 Å². The largest absolute Gasteiger partial charge is 0.378 e. The second-order valence-corrected chi connectivity index (χ2v) is 7.16. The first-order valence-electron chi connectivity index (χ1n) is 9.19. The number of amides is 2. The van der Waals surface area contributed by atoms with Crippen LogP contribution in [0.3, 0.4) is 0 Å². The van der Waals surface area contributed by atoms with E-state index in [0.717, 1.165) is 0 Å². The van der Waals surface area contributed by atoms with E-state index in [-0.39, 0.29) is 34.8 Å². The molecule has 1 atom stereocenters. The molecular formula is C20H19F2N5O3. The molecule has 0 radical (unpaired) electrons. The van der Waals surface area contributed by atoms with Gasteiger partial charge in [-0.3, -0.25) is 9.59 Å². The summed E-state index contributed by atoms with van der Waals surface area (Å²) in [7, 11) is 1.43. The molecule has 156 valence electrons. The summed E-state index contributed by atoms with van der Waals surface area (Å²) >= 11 is 0. The van der Waals surface area contributed by atoms with Gasteiger partial charge in [-0.05, 0) is 18.6 Å². The number of carbonyl (C=O) groups is 2. The van der Waals surface area contributed by atoms with Gasteiger partial charge in [-0.2, -0.15) is 5.10 Å². The van der Waals surface area contributed by atoms with Crippen LogP contribution in [0.1, 0.15) is 55.8 Å². The fourth-order valence-electron chi connectivity index (χ4n) is 3.81. The summed E-state index contributed by atoms with van der Waals surface area (Å²) < 4.78 is 34.9. The van der Waals surface area contributed by atoms with Gasteiger partial charge in [-0.1, -0.05) is 24.3 Å². The first kappa shape index (κ1) is 19.9. The van der Waals surface area contributed by atoms with Crippen molar-refractivity contribution < 1.29 is 23.1 Å². The highest BCUT2D eigenvalue weighted by Gasteiger charge is 2.45. The Morgan fingerprint density at radius 2 is 2.10 bits per heavy atom. The van der Waals surface area contributed by atoms with E-state index in [4.69, 9.17) is 10.5 Å². The molecule has 4 rings (SSSR count). The van der Waals surface area contributed by atoms with Crippen LogP contribution in [0.25, 0.3) is 5.65 Å². The van der Waals surface area contributed by atoms with Crippen molar-refractivity contribution in [1.82, 2.24) is 19.9 Å². The predicted octanol–water partition coefficient (Wildman–Crippen LogP) is 2.25. The molecule has 10 heteroatoms. The zero-order chi connectivity index (χ0) is 21.6. The van der Waals surface area contributed by atoms with Gasteiger partial charge in [0.1, 0.15) is 17.0 Å². The van der Waals surface area contributed by atoms with Crippen LogP contribution in [0.15, 0.2) is 30.3 Å². The first-order valence-corrected chi connectivity index (χ1v) is 9.19. The highest BCUT2D eigenvalue weighted by Crippen LogP contribution is 2.47. The maximum absolute atomic E-state index is 14.3. The fourth-order valence-corrected chi connectivity index (χ4v) is 3.81. The molecule has 0 spiro atoms. The molecule has 1 aromatic carbocycles. The minimum atomic E-state index is -3.03. The number of rotatable bonds is 5. The molecule has 2 amide bonds. The summed E-state index contributed by atoms with van der Waals surface area (Å²) in [6.07, 6.45) is -0.536. The zero-order valence-corrected chi connectivity index (χ0v) is 16.3. The van der Waals surface area contributed by atoms with Gasteiger partial charge in [-0.25, -0.2) is 18.3 Å². The Bertz CT molecular complexity index is 1170. The van der Waals surface area contributed by atoms with Crippen LogP contribution in [0.2, 0.25) is 0 Å². The number of nitrogens with two attached hydrogens (primary N) is 1. The number of hydrogen-bond donors (Lipinski definition) is 2. The average molecular weight is 415 g/mol. The van der Waals surface area contributed by atoms with E-state index < -0.39 is 30.2 Å². The third-order valence-electron chi connectivity index (χ3n) is 5.05. The molecule has 2 heterocycles. The van der Waals surface area contributed by atoms with Gasteiger partial charge in [0, 0.05) is 24.8 Å². The third-order valence-corrected chi connectivity index (χ3v) is 5.05. The summed E-state index contributed by atoms with van der Waals surface area (Å²) in [5, 5.41) is 6.91. The zero-order valence-electron chi connectivity index (χ0n) is 16.3. The maximum atomic E-state index is 14.3. The number of carbonyl (C=O) groups excluding carboxylic acids is 2. The number of fused-ring (bicyclic) bond motifs is 2. The Kier molecular flexibility index (Phi) is 4.73. The summed E-state index contributed by atoms with van der Waals surface area (Å²) in [5.41, 5.74) is 6.63. The summed E-state index contributed by atoms with van der Waals surface area (Å²) in [6.45, 7) is 1.63. The molecule has 0 saturated carbocycles. The van der Waals surface area contributed by atoms with Crippen LogP contribution < -0.4 is 11.1 Å². The Morgan fingerprint density at radius 1 is 1.37 bits per heavy atom. The lowest BCUT2D eigenvalue weighted by Gasteiger charge is -2.15. The number of benzene rings is 1. The van der Waals surface area contributed by atoms with Crippen LogP contribution in [0.5, 0.6) is 0 Å². The quantitative estimate of drug-likeness (QED) is 0.664. The standard InChI is InChI=1S/C20H19F2N5O3/c1-10-7-15(27-18(24-10)16(17(23)28)14(26-27)9-30-2)19(29)25-13-8-20(21,22)12-6-4-3-5-11(12)13/h3-7,13H,8-9H2,1-2H3,(H2,23,28)(H,25,29). The number of primary amides is 1. The summed E-state index contributed by atoms with van der Waals surface area (Å²) in [6, 6.07) is 6.73. The lowest BCUT2D eigenvalue weighted by atomic mass is 10.1. The topological polar surface area (TPSA) is 112 Å². The van der Waals surface area contributed by atoms with Gasteiger partial charge in [0.15, 0.2) is 5.65 Å². The number of halogens is 2. The van der Waals surface area contributed by atoms with Crippen LogP contribution in [0, 0.1) is 6.92 Å². The van der Waals surface area contributed by atoms with Crippen molar-refractivity contribution in [3.05, 3.63) is 64.1 Å². The van der Waals surface area contributed by atoms with Crippen molar-refractivity contribution in [2.45, 2.75) is 31.9 Å². The van der Waals surface area contributed by atoms with Crippen molar-refractivity contribution in [2.75, 3.05) is 7.11 Å². The molecule has 1 unspecified atom stereocenters. The van der Waals surface area contributed by atoms with Gasteiger partial charge in [0.25, 0.3) is 17.7 Å². The van der Waals surface area contributed by atoms with E-state index >= 15 is 0 Å². The normalized spacial score (nSPS) is 17.1. The second kappa shape index (κ2) is 7.13. The van der Waals surface area contributed by atoms with Crippen LogP contribution in [0.4, 0.5) is 8.78 Å². The van der Waals surface area contributed by atoms with E-state index in [9.17, 15) is 18.4 Å². The summed E-state index contributed by atoms with van der Waals surface area (Å²) in [4.78, 5) is 29.3. The van der Waals surface area contributed by atoms with Crippen molar-refractivity contribution in [2.24, 2.45) is 5.73 Å². The Balaban J connectivity index is 1.76. The van der Waals surface area contributed by atoms with Crippen molar-refractivity contribution >= 4 is 17.5 Å². The first-order chi connectivity index (χ1) is 14.2. The number of alkyl halides is 2. The molecule has 0 bridgehead atoms. The van der Waals surface area contributed by atoms with Gasteiger partial charge in [0.05, 0.1) is 12.6 Å². The average Bonchev–Trinajstić information content (AvgIpc) is 3.16. The number of hydrogen-bond acceptors (Lipinski definition) is 5. The molecule has 30 heavy (non-hydrogen) atoms.